The predicted octanol–water partition coefficient (Wildman–Crippen LogP) is 1.09. The van der Waals surface area contributed by atoms with Crippen molar-refractivity contribution >= 4 is 23.1 Å². The highest BCUT2D eigenvalue weighted by Gasteiger charge is 2.08. The van der Waals surface area contributed by atoms with Gasteiger partial charge in [0.1, 0.15) is 4.99 Å². The molecular weight excluding hydrogens is 236 g/mol. The minimum absolute atomic E-state index is 0.0160. The van der Waals surface area contributed by atoms with Crippen LogP contribution in [0.2, 0.25) is 0 Å². The van der Waals surface area contributed by atoms with Crippen molar-refractivity contribution in [3.05, 3.63) is 35.4 Å². The van der Waals surface area contributed by atoms with E-state index in [-0.39, 0.29) is 17.0 Å². The third-order valence-electron chi connectivity index (χ3n) is 2.36. The van der Waals surface area contributed by atoms with Crippen molar-refractivity contribution in [3.63, 3.8) is 0 Å². The van der Waals surface area contributed by atoms with Gasteiger partial charge in [-0.15, -0.1) is 0 Å². The molecule has 0 aliphatic carbocycles. The Morgan fingerprint density at radius 1 is 1.53 bits per heavy atom. The van der Waals surface area contributed by atoms with Crippen LogP contribution in [0.4, 0.5) is 0 Å². The van der Waals surface area contributed by atoms with Crippen molar-refractivity contribution in [1.82, 2.24) is 5.32 Å². The van der Waals surface area contributed by atoms with Crippen LogP contribution in [0.25, 0.3) is 0 Å². The van der Waals surface area contributed by atoms with E-state index >= 15 is 0 Å². The largest absolute Gasteiger partial charge is 0.389 e. The van der Waals surface area contributed by atoms with Gasteiger partial charge in [-0.05, 0) is 19.1 Å². The molecule has 92 valence electrons. The van der Waals surface area contributed by atoms with Gasteiger partial charge in [-0.1, -0.05) is 24.4 Å². The minimum atomic E-state index is -0.160. The standard InChI is InChI=1S/C12H16N2O2S/c1-8(16-2)7-14-12(15)10-5-3-4-9(6-10)11(13)17/h3-6,8H,7H2,1-2H3,(H2,13,17)(H,14,15). The van der Waals surface area contributed by atoms with Crippen molar-refractivity contribution in [1.29, 1.82) is 0 Å². The van der Waals surface area contributed by atoms with E-state index in [2.05, 4.69) is 5.32 Å². The molecule has 1 aromatic carbocycles. The molecular formula is C12H16N2O2S. The number of carbonyl (C=O) groups excluding carboxylic acids is 1. The lowest BCUT2D eigenvalue weighted by Gasteiger charge is -2.11. The highest BCUT2D eigenvalue weighted by Crippen LogP contribution is 2.05. The molecule has 1 atom stereocenters. The Balaban J connectivity index is 2.69. The van der Waals surface area contributed by atoms with Gasteiger partial charge in [-0.3, -0.25) is 4.79 Å². The number of nitrogens with one attached hydrogen (secondary N) is 1. The molecule has 0 heterocycles. The van der Waals surface area contributed by atoms with Crippen molar-refractivity contribution in [3.8, 4) is 0 Å². The molecule has 5 heteroatoms. The topological polar surface area (TPSA) is 64.3 Å². The van der Waals surface area contributed by atoms with Gasteiger partial charge in [-0.2, -0.15) is 0 Å². The van der Waals surface area contributed by atoms with Crippen LogP contribution in [0, 0.1) is 0 Å². The number of thiocarbonyl (C=S) groups is 1. The SMILES string of the molecule is COC(C)CNC(=O)c1cccc(C(N)=S)c1. The smallest absolute Gasteiger partial charge is 0.251 e. The number of hydrogen-bond acceptors (Lipinski definition) is 3. The first kappa shape index (κ1) is 13.6. The Labute approximate surface area is 106 Å². The summed E-state index contributed by atoms with van der Waals surface area (Å²) in [5.74, 6) is -0.160. The Morgan fingerprint density at radius 2 is 2.18 bits per heavy atom. The Hall–Kier alpha value is -1.46. The second kappa shape index (κ2) is 6.32. The molecule has 0 aliphatic rings. The lowest BCUT2D eigenvalue weighted by Crippen LogP contribution is -2.31. The van der Waals surface area contributed by atoms with E-state index in [4.69, 9.17) is 22.7 Å². The van der Waals surface area contributed by atoms with Crippen molar-refractivity contribution < 1.29 is 9.53 Å². The number of rotatable bonds is 5. The number of benzene rings is 1. The summed E-state index contributed by atoms with van der Waals surface area (Å²) in [5.41, 5.74) is 6.73. The molecule has 17 heavy (non-hydrogen) atoms. The molecule has 0 saturated heterocycles. The molecule has 0 radical (unpaired) electrons. The lowest BCUT2D eigenvalue weighted by atomic mass is 10.1. The second-order valence-electron chi connectivity index (χ2n) is 3.70. The van der Waals surface area contributed by atoms with Crippen molar-refractivity contribution in [2.45, 2.75) is 13.0 Å². The second-order valence-corrected chi connectivity index (χ2v) is 4.14. The van der Waals surface area contributed by atoms with Gasteiger partial charge in [0, 0.05) is 24.8 Å². The molecule has 1 amide bonds. The summed E-state index contributed by atoms with van der Waals surface area (Å²) < 4.78 is 5.04. The third kappa shape index (κ3) is 4.13. The Kier molecular flexibility index (Phi) is 5.06. The summed E-state index contributed by atoms with van der Waals surface area (Å²) in [6, 6.07) is 6.92. The fourth-order valence-corrected chi connectivity index (χ4v) is 1.36. The fraction of sp³-hybridized carbons (Fsp3) is 0.333. The zero-order valence-electron chi connectivity index (χ0n) is 9.90. The zero-order valence-corrected chi connectivity index (χ0v) is 10.7. The molecule has 0 aromatic heterocycles. The van der Waals surface area contributed by atoms with Gasteiger partial charge in [0.25, 0.3) is 5.91 Å². The summed E-state index contributed by atoms with van der Waals surface area (Å²) in [7, 11) is 1.60. The van der Waals surface area contributed by atoms with E-state index in [1.54, 1.807) is 31.4 Å². The van der Waals surface area contributed by atoms with Gasteiger partial charge in [-0.25, -0.2) is 0 Å². The maximum atomic E-state index is 11.8. The number of amides is 1. The quantitative estimate of drug-likeness (QED) is 0.770. The summed E-state index contributed by atoms with van der Waals surface area (Å²) in [4.78, 5) is 12.1. The number of hydrogen-bond donors (Lipinski definition) is 2. The average Bonchev–Trinajstić information content (AvgIpc) is 2.35. The van der Waals surface area contributed by atoms with Crippen LogP contribution in [-0.4, -0.2) is 30.7 Å². The van der Waals surface area contributed by atoms with E-state index in [9.17, 15) is 4.79 Å². The molecule has 1 aromatic rings. The van der Waals surface area contributed by atoms with E-state index in [1.807, 2.05) is 6.92 Å². The lowest BCUT2D eigenvalue weighted by molar-refractivity contribution is 0.0870. The maximum Gasteiger partial charge on any atom is 0.251 e. The molecule has 0 saturated carbocycles. The minimum Gasteiger partial charge on any atom is -0.389 e. The molecule has 0 fully saturated rings. The monoisotopic (exact) mass is 252 g/mol. The number of carbonyl (C=O) groups is 1. The van der Waals surface area contributed by atoms with Gasteiger partial charge >= 0.3 is 0 Å². The fourth-order valence-electron chi connectivity index (χ4n) is 1.24. The van der Waals surface area contributed by atoms with Crippen LogP contribution in [-0.2, 0) is 4.74 Å². The van der Waals surface area contributed by atoms with Crippen LogP contribution < -0.4 is 11.1 Å². The molecule has 1 rings (SSSR count). The third-order valence-corrected chi connectivity index (χ3v) is 2.60. The van der Waals surface area contributed by atoms with Crippen LogP contribution in [0.1, 0.15) is 22.8 Å². The molecule has 4 nitrogen and oxygen atoms in total. The van der Waals surface area contributed by atoms with E-state index < -0.39 is 0 Å². The summed E-state index contributed by atoms with van der Waals surface area (Å²) >= 11 is 4.86. The van der Waals surface area contributed by atoms with Gasteiger partial charge in [0.15, 0.2) is 0 Å². The number of ether oxygens (including phenoxy) is 1. The highest BCUT2D eigenvalue weighted by atomic mass is 32.1. The van der Waals surface area contributed by atoms with Gasteiger partial charge < -0.3 is 15.8 Å². The van der Waals surface area contributed by atoms with Crippen molar-refractivity contribution in [2.24, 2.45) is 5.73 Å². The van der Waals surface area contributed by atoms with Gasteiger partial charge in [0.2, 0.25) is 0 Å². The Morgan fingerprint density at radius 3 is 2.76 bits per heavy atom. The van der Waals surface area contributed by atoms with Gasteiger partial charge in [0.05, 0.1) is 6.10 Å². The van der Waals surface area contributed by atoms with Crippen LogP contribution in [0.15, 0.2) is 24.3 Å². The predicted molar refractivity (Wildman–Crippen MR) is 71.1 cm³/mol. The first-order chi connectivity index (χ1) is 8.04. The average molecular weight is 252 g/mol. The molecule has 1 unspecified atom stereocenters. The van der Waals surface area contributed by atoms with E-state index in [0.29, 0.717) is 17.7 Å². The van der Waals surface area contributed by atoms with Crippen LogP contribution in [0.5, 0.6) is 0 Å². The summed E-state index contributed by atoms with van der Waals surface area (Å²) in [6.45, 7) is 2.35. The van der Waals surface area contributed by atoms with E-state index in [1.165, 1.54) is 0 Å². The zero-order chi connectivity index (χ0) is 12.8. The summed E-state index contributed by atoms with van der Waals surface area (Å²) in [5, 5.41) is 2.77. The summed E-state index contributed by atoms with van der Waals surface area (Å²) in [6.07, 6.45) is -0.0160. The molecule has 0 spiro atoms. The van der Waals surface area contributed by atoms with E-state index in [0.717, 1.165) is 0 Å². The number of methoxy groups -OCH3 is 1. The highest BCUT2D eigenvalue weighted by molar-refractivity contribution is 7.80. The molecule has 0 bridgehead atoms. The molecule has 0 aliphatic heterocycles. The molecule has 3 N–H and O–H groups in total. The maximum absolute atomic E-state index is 11.8. The normalized spacial score (nSPS) is 11.9. The Bertz CT molecular complexity index is 421. The first-order valence-corrected chi connectivity index (χ1v) is 5.66. The number of nitrogens with two attached hydrogens (primary N) is 1. The van der Waals surface area contributed by atoms with Crippen molar-refractivity contribution in [2.75, 3.05) is 13.7 Å². The van der Waals surface area contributed by atoms with Crippen LogP contribution in [0.3, 0.4) is 0 Å². The van der Waals surface area contributed by atoms with Crippen LogP contribution >= 0.6 is 12.2 Å². The first-order valence-electron chi connectivity index (χ1n) is 5.25.